The lowest BCUT2D eigenvalue weighted by Gasteiger charge is -2.35. The van der Waals surface area contributed by atoms with Gasteiger partial charge < -0.3 is 29.9 Å². The molecule has 11 rings (SSSR count). The van der Waals surface area contributed by atoms with Gasteiger partial charge in [-0.05, 0) is 99.2 Å². The molecule has 19 heteroatoms. The Balaban J connectivity index is 0.781. The predicted octanol–water partition coefficient (Wildman–Crippen LogP) is 3.88. The number of amides is 2. The van der Waals surface area contributed by atoms with E-state index in [-0.39, 0.29) is 101 Å². The maximum absolute atomic E-state index is 17.2. The van der Waals surface area contributed by atoms with Crippen LogP contribution in [0.5, 0.6) is 11.8 Å². The number of hydrogen-bond acceptors (Lipinski definition) is 14. The third-order valence-corrected chi connectivity index (χ3v) is 15.0. The number of nitrogens with one attached hydrogen (secondary N) is 3. The fraction of sp³-hybridized carbons (Fsp3) is 0.440. The van der Waals surface area contributed by atoms with Gasteiger partial charge in [0, 0.05) is 68.4 Å². The minimum Gasteiger partial charge on any atom is -0.508 e. The zero-order valence-electron chi connectivity index (χ0n) is 38.0. The lowest BCUT2D eigenvalue weighted by Crippen LogP contribution is -2.51. The number of imidazole rings is 1. The lowest BCUT2D eigenvalue weighted by atomic mass is 9.95. The summed E-state index contributed by atoms with van der Waals surface area (Å²) in [5.41, 5.74) is 1.39. The number of fused-ring (bicyclic) bond motifs is 6. The number of ether oxygens (including phenoxy) is 2. The predicted molar refractivity (Wildman–Crippen MR) is 251 cm³/mol. The quantitative estimate of drug-likeness (QED) is 0.0635. The van der Waals surface area contributed by atoms with Crippen LogP contribution in [0.2, 0.25) is 0 Å². The number of benzene rings is 3. The van der Waals surface area contributed by atoms with Gasteiger partial charge in [0.1, 0.15) is 41.2 Å². The van der Waals surface area contributed by atoms with Crippen LogP contribution in [0.4, 0.5) is 14.6 Å². The Hall–Kier alpha value is -6.56. The molecule has 5 aliphatic rings. The van der Waals surface area contributed by atoms with E-state index in [9.17, 15) is 24.6 Å². The zero-order chi connectivity index (χ0) is 47.7. The van der Waals surface area contributed by atoms with Crippen LogP contribution in [0.25, 0.3) is 44.0 Å². The molecule has 0 radical (unpaired) electrons. The molecule has 17 nitrogen and oxygen atoms in total. The third kappa shape index (κ3) is 8.03. The van der Waals surface area contributed by atoms with Gasteiger partial charge in [-0.25, -0.2) is 13.6 Å². The molecular weight excluding hydrogens is 891 g/mol. The number of nitrogens with zero attached hydrogens (tertiary/aromatic N) is 7. The first-order valence-electron chi connectivity index (χ1n) is 23.6. The first-order chi connectivity index (χ1) is 33.4. The number of aliphatic hydroxyl groups is 1. The van der Waals surface area contributed by atoms with E-state index in [2.05, 4.69) is 41.6 Å². The van der Waals surface area contributed by atoms with Gasteiger partial charge in [-0.15, -0.1) is 6.42 Å². The molecule has 3 aromatic heterocycles. The fourth-order valence-corrected chi connectivity index (χ4v) is 11.6. The van der Waals surface area contributed by atoms with Gasteiger partial charge in [-0.2, -0.15) is 9.97 Å². The van der Waals surface area contributed by atoms with Gasteiger partial charge >= 0.3 is 11.7 Å². The number of piperidine rings is 1. The van der Waals surface area contributed by atoms with Crippen LogP contribution in [0, 0.1) is 24.0 Å². The topological polar surface area (TPSA) is 201 Å². The Bertz CT molecular complexity index is 3160. The van der Waals surface area contributed by atoms with Gasteiger partial charge in [0.25, 0.3) is 0 Å². The van der Waals surface area contributed by atoms with Crippen LogP contribution >= 0.6 is 0 Å². The van der Waals surface area contributed by atoms with Crippen molar-refractivity contribution in [2.75, 3.05) is 44.3 Å². The summed E-state index contributed by atoms with van der Waals surface area (Å²) >= 11 is 0. The minimum atomic E-state index is -1.23. The molecule has 6 atom stereocenters. The van der Waals surface area contributed by atoms with Crippen LogP contribution in [0.1, 0.15) is 68.5 Å². The summed E-state index contributed by atoms with van der Waals surface area (Å²) in [5, 5.41) is 31.7. The summed E-state index contributed by atoms with van der Waals surface area (Å²) in [6, 6.07) is 10.8. The number of carbonyl (C=O) groups is 2. The number of aryl methyl sites for hydroxylation is 1. The van der Waals surface area contributed by atoms with Gasteiger partial charge in [-0.3, -0.25) is 39.2 Å². The van der Waals surface area contributed by atoms with E-state index in [0.29, 0.717) is 53.7 Å². The molecular formula is C50H52F2N10O7. The number of phenolic OH excluding ortho intramolecular Hbond substituents is 1. The van der Waals surface area contributed by atoms with Gasteiger partial charge in [0.2, 0.25) is 18.2 Å². The lowest BCUT2D eigenvalue weighted by molar-refractivity contribution is -0.135. The van der Waals surface area contributed by atoms with Crippen LogP contribution in [0.15, 0.2) is 53.5 Å². The zero-order valence-corrected chi connectivity index (χ0v) is 38.0. The second-order valence-electron chi connectivity index (χ2n) is 19.1. The second kappa shape index (κ2) is 17.8. The number of rotatable bonds is 13. The van der Waals surface area contributed by atoms with E-state index in [1.54, 1.807) is 7.05 Å². The molecule has 2 amide bonds. The molecule has 5 saturated heterocycles. The number of piperazine rings is 1. The molecule has 0 saturated carbocycles. The van der Waals surface area contributed by atoms with Crippen LogP contribution in [0.3, 0.4) is 0 Å². The number of anilines is 1. The molecule has 8 heterocycles. The number of phenols is 1. The first-order valence-corrected chi connectivity index (χ1v) is 23.6. The van der Waals surface area contributed by atoms with Crippen molar-refractivity contribution in [3.63, 3.8) is 0 Å². The van der Waals surface area contributed by atoms with Gasteiger partial charge in [0.15, 0.2) is 5.82 Å². The van der Waals surface area contributed by atoms with E-state index in [0.717, 1.165) is 50.6 Å². The molecule has 5 fully saturated rings. The minimum absolute atomic E-state index is 0.00924. The molecule has 0 spiro atoms. The summed E-state index contributed by atoms with van der Waals surface area (Å²) in [5.74, 6) is 0.483. The summed E-state index contributed by atoms with van der Waals surface area (Å²) < 4.78 is 47.7. The largest absolute Gasteiger partial charge is 0.508 e. The summed E-state index contributed by atoms with van der Waals surface area (Å²) in [6.45, 7) is 3.04. The van der Waals surface area contributed by atoms with Crippen molar-refractivity contribution >= 4 is 50.3 Å². The Morgan fingerprint density at radius 2 is 1.86 bits per heavy atom. The number of aliphatic hydroxyl groups excluding tert-OH is 1. The number of terminal acetylenes is 1. The summed E-state index contributed by atoms with van der Waals surface area (Å²) in [6.07, 6.45) is 12.5. The fourth-order valence-electron chi connectivity index (χ4n) is 11.6. The molecule has 5 aliphatic heterocycles. The SMILES string of the molecule is C#Cc1c(F)ccc2cc(O)cc(-c3ncc4c(N5CC6CCC(C5)N6)nc(OC[C@@]56CCCN5[C@H](COC(O)NCCc5ccc7c(c5)n(C)c(=O)n7C5CCC(=O)NC5=O)CC6)nc4c3F)c12. The van der Waals surface area contributed by atoms with Crippen LogP contribution in [-0.4, -0.2) is 120 Å². The van der Waals surface area contributed by atoms with Crippen molar-refractivity contribution < 1.29 is 38.1 Å². The molecule has 5 N–H and O–H groups in total. The van der Waals surface area contributed by atoms with Crippen molar-refractivity contribution in [2.24, 2.45) is 7.05 Å². The first kappa shape index (κ1) is 44.9. The number of halogens is 2. The van der Waals surface area contributed by atoms with E-state index >= 15 is 8.78 Å². The maximum atomic E-state index is 17.2. The highest BCUT2D eigenvalue weighted by Gasteiger charge is 2.50. The monoisotopic (exact) mass is 942 g/mol. The summed E-state index contributed by atoms with van der Waals surface area (Å²) in [4.78, 5) is 56.2. The number of carbonyl (C=O) groups excluding carboxylic acids is 2. The van der Waals surface area contributed by atoms with E-state index < -0.39 is 30.0 Å². The Morgan fingerprint density at radius 1 is 1.03 bits per heavy atom. The smallest absolute Gasteiger partial charge is 0.329 e. The van der Waals surface area contributed by atoms with Gasteiger partial charge in [0.05, 0.1) is 34.1 Å². The normalized spacial score (nSPS) is 24.1. The average Bonchev–Trinajstić information content (AvgIpc) is 4.08. The van der Waals surface area contributed by atoms with Crippen molar-refractivity contribution in [3.8, 4) is 35.4 Å². The number of hydrogen-bond donors (Lipinski definition) is 5. The molecule has 0 aliphatic carbocycles. The molecule has 3 aromatic carbocycles. The Kier molecular flexibility index (Phi) is 11.6. The van der Waals surface area contributed by atoms with Gasteiger partial charge in [-0.1, -0.05) is 18.1 Å². The molecule has 358 valence electrons. The van der Waals surface area contributed by atoms with E-state index in [4.69, 9.17) is 20.9 Å². The number of pyridine rings is 1. The highest BCUT2D eigenvalue weighted by atomic mass is 19.1. The van der Waals surface area contributed by atoms with Crippen LogP contribution < -0.4 is 31.3 Å². The molecule has 2 bridgehead atoms. The molecule has 69 heavy (non-hydrogen) atoms. The number of aromatic hydroxyl groups is 1. The molecule has 6 aromatic rings. The summed E-state index contributed by atoms with van der Waals surface area (Å²) in [7, 11) is 1.65. The highest BCUT2D eigenvalue weighted by molar-refractivity contribution is 6.03. The number of imide groups is 1. The van der Waals surface area contributed by atoms with E-state index in [1.807, 2.05) is 18.2 Å². The number of aromatic nitrogens is 5. The third-order valence-electron chi connectivity index (χ3n) is 15.0. The van der Waals surface area contributed by atoms with Crippen LogP contribution in [-0.2, 0) is 27.8 Å². The van der Waals surface area contributed by atoms with Crippen molar-refractivity contribution in [1.29, 1.82) is 0 Å². The van der Waals surface area contributed by atoms with Crippen molar-refractivity contribution in [1.82, 2.24) is 44.9 Å². The highest BCUT2D eigenvalue weighted by Crippen LogP contribution is 2.44. The second-order valence-corrected chi connectivity index (χ2v) is 19.1. The standard InChI is InChI=1S/C50H52F2N10O7/c1-3-33-36(51)9-6-28-20-32(63)21-34(41(28)33)43-42(52)44-35(22-54-43)45(60-23-29-7-8-30(24-60)55-29)58-47(57-44)69-26-50-15-4-18-61(50)31(13-16-50)25-68-48(66)53-17-14-27-5-10-37-39(19-27)59(2)49(67)62(37)38-11-12-40(64)56-46(38)65/h1,5-6,9-10,19-22,29-31,38,48,53,55,63,66H,4,7-8,11-18,23-26H2,2H3,(H,56,64,65)/t29?,30?,31-,38?,48?,50-/m0/s1. The van der Waals surface area contributed by atoms with Crippen molar-refractivity contribution in [3.05, 3.63) is 81.9 Å². The molecule has 4 unspecified atom stereocenters. The Labute approximate surface area is 394 Å². The average molecular weight is 943 g/mol. The van der Waals surface area contributed by atoms with E-state index in [1.165, 1.54) is 39.6 Å². The Morgan fingerprint density at radius 3 is 2.65 bits per heavy atom. The maximum Gasteiger partial charge on any atom is 0.329 e. The van der Waals surface area contributed by atoms with Crippen molar-refractivity contribution in [2.45, 2.75) is 93.9 Å².